The van der Waals surface area contributed by atoms with Crippen molar-refractivity contribution in [1.29, 1.82) is 0 Å². The SMILES string of the molecule is Clc1ccccc1C[NH+]1CCC([NH+]2CCCCC2)CC1. The van der Waals surface area contributed by atoms with Crippen LogP contribution in [0, 0.1) is 0 Å². The van der Waals surface area contributed by atoms with Gasteiger partial charge in [-0.05, 0) is 25.3 Å². The highest BCUT2D eigenvalue weighted by Crippen LogP contribution is 2.13. The molecule has 2 heterocycles. The molecule has 0 unspecified atom stereocenters. The van der Waals surface area contributed by atoms with Gasteiger partial charge >= 0.3 is 0 Å². The molecule has 0 bridgehead atoms. The molecule has 2 aliphatic heterocycles. The molecule has 1 aromatic carbocycles. The highest BCUT2D eigenvalue weighted by Gasteiger charge is 2.30. The lowest BCUT2D eigenvalue weighted by Gasteiger charge is -2.36. The van der Waals surface area contributed by atoms with E-state index < -0.39 is 0 Å². The molecular formula is C17H27ClN2+2. The second-order valence-corrected chi connectivity index (χ2v) is 6.92. The molecule has 1 aromatic rings. The first-order valence-electron chi connectivity index (χ1n) is 8.24. The summed E-state index contributed by atoms with van der Waals surface area (Å²) in [6.45, 7) is 6.58. The summed E-state index contributed by atoms with van der Waals surface area (Å²) in [7, 11) is 0. The second-order valence-electron chi connectivity index (χ2n) is 6.51. The van der Waals surface area contributed by atoms with Gasteiger partial charge in [0, 0.05) is 23.4 Å². The van der Waals surface area contributed by atoms with Crippen molar-refractivity contribution in [2.45, 2.75) is 44.7 Å². The molecule has 110 valence electrons. The van der Waals surface area contributed by atoms with Crippen molar-refractivity contribution in [1.82, 2.24) is 0 Å². The zero-order valence-corrected chi connectivity index (χ0v) is 13.1. The first kappa shape index (κ1) is 14.4. The molecule has 2 nitrogen and oxygen atoms in total. The monoisotopic (exact) mass is 294 g/mol. The van der Waals surface area contributed by atoms with Gasteiger partial charge in [0.15, 0.2) is 0 Å². The summed E-state index contributed by atoms with van der Waals surface area (Å²) in [4.78, 5) is 3.61. The smallest absolute Gasteiger partial charge is 0.104 e. The van der Waals surface area contributed by atoms with E-state index in [0.717, 1.165) is 17.6 Å². The topological polar surface area (TPSA) is 8.88 Å². The molecule has 3 heteroatoms. The third kappa shape index (κ3) is 3.55. The van der Waals surface area contributed by atoms with E-state index in [9.17, 15) is 0 Å². The van der Waals surface area contributed by atoms with E-state index in [4.69, 9.17) is 11.6 Å². The largest absolute Gasteiger partial charge is 0.332 e. The molecule has 0 aromatic heterocycles. The van der Waals surface area contributed by atoms with Crippen LogP contribution in [0.3, 0.4) is 0 Å². The number of hydrogen-bond donors (Lipinski definition) is 2. The highest BCUT2D eigenvalue weighted by molar-refractivity contribution is 6.31. The highest BCUT2D eigenvalue weighted by atomic mass is 35.5. The lowest BCUT2D eigenvalue weighted by atomic mass is 9.99. The van der Waals surface area contributed by atoms with Crippen LogP contribution in [0.1, 0.15) is 37.7 Å². The van der Waals surface area contributed by atoms with Gasteiger partial charge in [-0.15, -0.1) is 0 Å². The Morgan fingerprint density at radius 3 is 2.35 bits per heavy atom. The van der Waals surface area contributed by atoms with Crippen LogP contribution in [-0.4, -0.2) is 32.2 Å². The predicted molar refractivity (Wildman–Crippen MR) is 83.4 cm³/mol. The maximum absolute atomic E-state index is 6.28. The molecule has 2 fully saturated rings. The number of likely N-dealkylation sites (tertiary alicyclic amines) is 2. The summed E-state index contributed by atoms with van der Waals surface area (Å²) in [5.41, 5.74) is 1.31. The van der Waals surface area contributed by atoms with Gasteiger partial charge in [-0.1, -0.05) is 29.8 Å². The van der Waals surface area contributed by atoms with Crippen molar-refractivity contribution < 1.29 is 9.80 Å². The molecular weight excluding hydrogens is 268 g/mol. The molecule has 0 spiro atoms. The zero-order valence-electron chi connectivity index (χ0n) is 12.3. The van der Waals surface area contributed by atoms with Crippen molar-refractivity contribution in [2.24, 2.45) is 0 Å². The molecule has 0 saturated carbocycles. The summed E-state index contributed by atoms with van der Waals surface area (Å²) < 4.78 is 0. The molecule has 2 aliphatic rings. The summed E-state index contributed by atoms with van der Waals surface area (Å²) in [6.07, 6.45) is 7.15. The number of hydrogen-bond acceptors (Lipinski definition) is 0. The minimum absolute atomic E-state index is 0.934. The number of rotatable bonds is 3. The summed E-state index contributed by atoms with van der Waals surface area (Å²) in [5, 5.41) is 0.934. The predicted octanol–water partition coefficient (Wildman–Crippen LogP) is 0.956. The van der Waals surface area contributed by atoms with E-state index in [2.05, 4.69) is 12.1 Å². The van der Waals surface area contributed by atoms with Gasteiger partial charge in [0.25, 0.3) is 0 Å². The fraction of sp³-hybridized carbons (Fsp3) is 0.647. The van der Waals surface area contributed by atoms with Gasteiger partial charge in [0.05, 0.1) is 32.2 Å². The quantitative estimate of drug-likeness (QED) is 0.822. The Labute approximate surface area is 127 Å². The molecule has 0 aliphatic carbocycles. The van der Waals surface area contributed by atoms with Gasteiger partial charge in [0.2, 0.25) is 0 Å². The Kier molecular flexibility index (Phi) is 4.98. The molecule has 0 radical (unpaired) electrons. The van der Waals surface area contributed by atoms with Crippen LogP contribution in [0.2, 0.25) is 5.02 Å². The maximum Gasteiger partial charge on any atom is 0.104 e. The van der Waals surface area contributed by atoms with Crippen molar-refractivity contribution >= 4 is 11.6 Å². The fourth-order valence-corrected chi connectivity index (χ4v) is 4.14. The molecule has 0 amide bonds. The first-order valence-corrected chi connectivity index (χ1v) is 8.62. The van der Waals surface area contributed by atoms with Crippen LogP contribution in [0.5, 0.6) is 0 Å². The van der Waals surface area contributed by atoms with Gasteiger partial charge in [-0.3, -0.25) is 0 Å². The Bertz CT molecular complexity index is 421. The summed E-state index contributed by atoms with van der Waals surface area (Å²) >= 11 is 6.28. The van der Waals surface area contributed by atoms with Crippen molar-refractivity contribution in [2.75, 3.05) is 26.2 Å². The van der Waals surface area contributed by atoms with E-state index in [1.165, 1.54) is 63.8 Å². The molecule has 0 atom stereocenters. The standard InChI is InChI=1S/C17H25ClN2/c18-17-7-3-2-6-15(17)14-19-12-8-16(9-13-19)20-10-4-1-5-11-20/h2-3,6-7,16H,1,4-5,8-14H2/p+2. The van der Waals surface area contributed by atoms with Gasteiger partial charge < -0.3 is 9.80 Å². The maximum atomic E-state index is 6.28. The number of quaternary nitrogens is 2. The Morgan fingerprint density at radius 1 is 0.950 bits per heavy atom. The molecule has 3 rings (SSSR count). The van der Waals surface area contributed by atoms with Gasteiger partial charge in [-0.2, -0.15) is 0 Å². The summed E-state index contributed by atoms with van der Waals surface area (Å²) in [6, 6.07) is 9.25. The van der Waals surface area contributed by atoms with Crippen LogP contribution in [0.4, 0.5) is 0 Å². The van der Waals surface area contributed by atoms with E-state index in [-0.39, 0.29) is 0 Å². The first-order chi connectivity index (χ1) is 9.83. The number of nitrogens with one attached hydrogen (secondary N) is 2. The van der Waals surface area contributed by atoms with Crippen LogP contribution < -0.4 is 9.80 Å². The average molecular weight is 295 g/mol. The Hall–Kier alpha value is -0.570. The minimum Gasteiger partial charge on any atom is -0.332 e. The van der Waals surface area contributed by atoms with Crippen LogP contribution in [0.25, 0.3) is 0 Å². The van der Waals surface area contributed by atoms with E-state index >= 15 is 0 Å². The van der Waals surface area contributed by atoms with E-state index in [1.807, 2.05) is 17.0 Å². The fourth-order valence-electron chi connectivity index (χ4n) is 3.94. The van der Waals surface area contributed by atoms with Crippen molar-refractivity contribution in [3.63, 3.8) is 0 Å². The lowest BCUT2D eigenvalue weighted by molar-refractivity contribution is -0.965. The minimum atomic E-state index is 0.934. The third-order valence-electron chi connectivity index (χ3n) is 5.16. The number of benzene rings is 1. The zero-order chi connectivity index (χ0) is 13.8. The number of halogens is 1. The molecule has 2 N–H and O–H groups in total. The molecule has 20 heavy (non-hydrogen) atoms. The van der Waals surface area contributed by atoms with Crippen LogP contribution >= 0.6 is 11.6 Å². The third-order valence-corrected chi connectivity index (χ3v) is 5.53. The Morgan fingerprint density at radius 2 is 1.65 bits per heavy atom. The molecule has 2 saturated heterocycles. The van der Waals surface area contributed by atoms with Crippen molar-refractivity contribution in [3.8, 4) is 0 Å². The van der Waals surface area contributed by atoms with E-state index in [1.54, 1.807) is 4.90 Å². The summed E-state index contributed by atoms with van der Waals surface area (Å²) in [5.74, 6) is 0. The Balaban J connectivity index is 1.50. The van der Waals surface area contributed by atoms with Crippen LogP contribution in [0.15, 0.2) is 24.3 Å². The second kappa shape index (κ2) is 6.93. The van der Waals surface area contributed by atoms with Gasteiger partial charge in [0.1, 0.15) is 6.54 Å². The van der Waals surface area contributed by atoms with E-state index in [0.29, 0.717) is 0 Å². The van der Waals surface area contributed by atoms with Crippen LogP contribution in [-0.2, 0) is 6.54 Å². The lowest BCUT2D eigenvalue weighted by Crippen LogP contribution is -3.20. The normalized spacial score (nSPS) is 28.4. The average Bonchev–Trinajstić information content (AvgIpc) is 2.51. The van der Waals surface area contributed by atoms with Gasteiger partial charge in [-0.25, -0.2) is 0 Å². The van der Waals surface area contributed by atoms with Crippen molar-refractivity contribution in [3.05, 3.63) is 34.9 Å². The number of piperidine rings is 2.